The summed E-state index contributed by atoms with van der Waals surface area (Å²) in [6, 6.07) is 79.1. The summed E-state index contributed by atoms with van der Waals surface area (Å²) in [5, 5.41) is 16.5. The molecule has 0 radical (unpaired) electrons. The molecule has 0 saturated heterocycles. The van der Waals surface area contributed by atoms with E-state index in [0.717, 1.165) is 66.0 Å². The van der Waals surface area contributed by atoms with Crippen LogP contribution in [0.5, 0.6) is 0 Å². The van der Waals surface area contributed by atoms with Crippen LogP contribution < -0.4 is 0 Å². The predicted octanol–water partition coefficient (Wildman–Crippen LogP) is 17.9. The van der Waals surface area contributed by atoms with Crippen molar-refractivity contribution in [2.45, 2.75) is 0 Å². The van der Waals surface area contributed by atoms with Crippen LogP contribution in [0.25, 0.3) is 142 Å². The van der Waals surface area contributed by atoms with E-state index in [1.54, 1.807) is 0 Å². The summed E-state index contributed by atoms with van der Waals surface area (Å²) in [6.07, 6.45) is 0. The molecule has 12 aromatic carbocycles. The maximum atomic E-state index is 7.12. The Morgan fingerprint density at radius 3 is 1.36 bits per heavy atom. The molecular weight excluding hydrogens is 777 g/mol. The largest absolute Gasteiger partial charge is 0.455 e. The molecule has 0 aliphatic heterocycles. The van der Waals surface area contributed by atoms with Crippen LogP contribution in [0.3, 0.4) is 0 Å². The van der Waals surface area contributed by atoms with Crippen LogP contribution in [0, 0.1) is 0 Å². The van der Waals surface area contributed by atoms with E-state index in [0.29, 0.717) is 0 Å². The van der Waals surface area contributed by atoms with Crippen molar-refractivity contribution in [2.24, 2.45) is 0 Å². The Balaban J connectivity index is 1.03. The molecule has 0 fully saturated rings. The number of benzene rings is 12. The topological polar surface area (TPSA) is 26.3 Å². The number of fused-ring (bicyclic) bond motifs is 12. The molecule has 14 aromatic rings. The quantitative estimate of drug-likeness (QED) is 0.166. The highest BCUT2D eigenvalue weighted by Crippen LogP contribution is 2.50. The van der Waals surface area contributed by atoms with Crippen molar-refractivity contribution < 1.29 is 8.83 Å². The van der Waals surface area contributed by atoms with Gasteiger partial charge in [0.25, 0.3) is 0 Å². The highest BCUT2D eigenvalue weighted by atomic mass is 16.3. The minimum absolute atomic E-state index is 0.872. The molecule has 2 heterocycles. The summed E-state index contributed by atoms with van der Waals surface area (Å²) >= 11 is 0. The normalized spacial score (nSPS) is 12.1. The van der Waals surface area contributed by atoms with E-state index >= 15 is 0 Å². The van der Waals surface area contributed by atoms with Gasteiger partial charge in [0.1, 0.15) is 22.3 Å². The Kier molecular flexibility index (Phi) is 7.43. The van der Waals surface area contributed by atoms with Crippen molar-refractivity contribution in [3.8, 4) is 44.5 Å². The lowest BCUT2D eigenvalue weighted by Gasteiger charge is -2.18. The fourth-order valence-corrected chi connectivity index (χ4v) is 11.0. The van der Waals surface area contributed by atoms with Gasteiger partial charge in [-0.2, -0.15) is 0 Å². The first-order chi connectivity index (χ1) is 31.8. The van der Waals surface area contributed by atoms with Crippen molar-refractivity contribution in [1.29, 1.82) is 0 Å². The van der Waals surface area contributed by atoms with Gasteiger partial charge >= 0.3 is 0 Å². The third kappa shape index (κ3) is 4.96. The van der Waals surface area contributed by atoms with Crippen molar-refractivity contribution >= 4 is 97.7 Å². The van der Waals surface area contributed by atoms with Crippen molar-refractivity contribution in [2.75, 3.05) is 0 Å². The smallest absolute Gasteiger partial charge is 0.143 e. The summed E-state index contributed by atoms with van der Waals surface area (Å²) < 4.78 is 13.7. The van der Waals surface area contributed by atoms with Gasteiger partial charge in [0, 0.05) is 38.1 Å². The van der Waals surface area contributed by atoms with Crippen LogP contribution in [0.1, 0.15) is 0 Å². The van der Waals surface area contributed by atoms with E-state index in [2.05, 4.69) is 218 Å². The van der Waals surface area contributed by atoms with Gasteiger partial charge in [-0.3, -0.25) is 0 Å². The van der Waals surface area contributed by atoms with Gasteiger partial charge in [0.15, 0.2) is 0 Å². The van der Waals surface area contributed by atoms with Gasteiger partial charge < -0.3 is 8.83 Å². The molecule has 0 aliphatic carbocycles. The van der Waals surface area contributed by atoms with E-state index in [-0.39, 0.29) is 0 Å². The zero-order chi connectivity index (χ0) is 41.9. The van der Waals surface area contributed by atoms with E-state index in [1.807, 2.05) is 0 Å². The van der Waals surface area contributed by atoms with E-state index < -0.39 is 0 Å². The summed E-state index contributed by atoms with van der Waals surface area (Å²) in [5.41, 5.74) is 13.1. The molecular formula is C62H36O2. The number of hydrogen-bond donors (Lipinski definition) is 0. The molecule has 2 aromatic heterocycles. The standard InChI is InChI=1S/C62H36O2/c1-2-17-38(18-3-1)56-41-20-6-12-26-47(41)59(48-27-13-7-21-42(48)56)51-29-14-30-52-60-50(28-15-31-55(60)64-62(51)52)58-45-24-10-8-22-43(45)57(44-23-9-11-25-46(44)58)39-33-35-54-53(36-39)49-34-32-37-16-4-5-19-40(37)61(49)63-54/h1-36H. The lowest BCUT2D eigenvalue weighted by Crippen LogP contribution is -1.91. The molecule has 14 rings (SSSR count). The Morgan fingerprint density at radius 1 is 0.234 bits per heavy atom. The molecule has 0 spiro atoms. The molecule has 2 nitrogen and oxygen atoms in total. The van der Waals surface area contributed by atoms with Crippen molar-refractivity contribution in [3.05, 3.63) is 218 Å². The molecule has 0 atom stereocenters. The van der Waals surface area contributed by atoms with Crippen molar-refractivity contribution in [1.82, 2.24) is 0 Å². The third-order valence-electron chi connectivity index (χ3n) is 13.6. The van der Waals surface area contributed by atoms with Crippen LogP contribution in [0.15, 0.2) is 227 Å². The average Bonchev–Trinajstić information content (AvgIpc) is 3.94. The highest BCUT2D eigenvalue weighted by Gasteiger charge is 2.24. The maximum absolute atomic E-state index is 7.12. The molecule has 0 N–H and O–H groups in total. The Morgan fingerprint density at radius 2 is 0.719 bits per heavy atom. The Hall–Kier alpha value is -8.46. The number of furan rings is 2. The Bertz CT molecular complexity index is 4130. The van der Waals surface area contributed by atoms with E-state index in [9.17, 15) is 0 Å². The second-order valence-corrected chi connectivity index (χ2v) is 17.0. The minimum atomic E-state index is 0.872. The SMILES string of the molecule is c1ccc(-c2c3ccccc3c(-c3cccc4c3oc3cccc(-c5c6ccccc6c(-c6ccc7oc8c9ccccc9ccc8c7c6)c6ccccc56)c34)c3ccccc23)cc1. The monoisotopic (exact) mass is 812 g/mol. The lowest BCUT2D eigenvalue weighted by atomic mass is 9.84. The van der Waals surface area contributed by atoms with Crippen molar-refractivity contribution in [3.63, 3.8) is 0 Å². The van der Waals surface area contributed by atoms with Gasteiger partial charge in [0.05, 0.1) is 0 Å². The molecule has 64 heavy (non-hydrogen) atoms. The summed E-state index contributed by atoms with van der Waals surface area (Å²) in [6.45, 7) is 0. The van der Waals surface area contributed by atoms with Crippen LogP contribution >= 0.6 is 0 Å². The zero-order valence-corrected chi connectivity index (χ0v) is 34.6. The average molecular weight is 813 g/mol. The molecule has 0 unspecified atom stereocenters. The minimum Gasteiger partial charge on any atom is -0.455 e. The van der Waals surface area contributed by atoms with Gasteiger partial charge in [-0.1, -0.05) is 194 Å². The molecule has 296 valence electrons. The van der Waals surface area contributed by atoms with Crippen LogP contribution in [0.4, 0.5) is 0 Å². The summed E-state index contributed by atoms with van der Waals surface area (Å²) in [7, 11) is 0. The number of para-hydroxylation sites is 1. The van der Waals surface area contributed by atoms with E-state index in [1.165, 1.54) is 76.3 Å². The van der Waals surface area contributed by atoms with Crippen LogP contribution in [-0.2, 0) is 0 Å². The van der Waals surface area contributed by atoms with Gasteiger partial charge in [-0.05, 0) is 106 Å². The lowest BCUT2D eigenvalue weighted by molar-refractivity contribution is 0.670. The molecule has 0 amide bonds. The molecule has 0 bridgehead atoms. The van der Waals surface area contributed by atoms with Crippen LogP contribution in [0.2, 0.25) is 0 Å². The number of rotatable bonds is 4. The first kappa shape index (κ1) is 35.2. The summed E-state index contributed by atoms with van der Waals surface area (Å²) in [4.78, 5) is 0. The molecule has 0 aliphatic rings. The Labute approximate surface area is 367 Å². The molecule has 2 heteroatoms. The first-order valence-corrected chi connectivity index (χ1v) is 22.0. The number of hydrogen-bond acceptors (Lipinski definition) is 2. The maximum Gasteiger partial charge on any atom is 0.143 e. The third-order valence-corrected chi connectivity index (χ3v) is 13.6. The predicted molar refractivity (Wildman–Crippen MR) is 270 cm³/mol. The van der Waals surface area contributed by atoms with Gasteiger partial charge in [0.2, 0.25) is 0 Å². The summed E-state index contributed by atoms with van der Waals surface area (Å²) in [5.74, 6) is 0. The molecule has 0 saturated carbocycles. The van der Waals surface area contributed by atoms with Gasteiger partial charge in [-0.25, -0.2) is 0 Å². The van der Waals surface area contributed by atoms with Crippen LogP contribution in [-0.4, -0.2) is 0 Å². The van der Waals surface area contributed by atoms with Gasteiger partial charge in [-0.15, -0.1) is 0 Å². The highest BCUT2D eigenvalue weighted by molar-refractivity contribution is 6.29. The fourth-order valence-electron chi connectivity index (χ4n) is 11.0. The second-order valence-electron chi connectivity index (χ2n) is 17.0. The first-order valence-electron chi connectivity index (χ1n) is 22.0. The van der Waals surface area contributed by atoms with E-state index in [4.69, 9.17) is 8.83 Å². The zero-order valence-electron chi connectivity index (χ0n) is 34.6. The fraction of sp³-hybridized carbons (Fsp3) is 0. The second kappa shape index (κ2) is 13.5.